The molecule has 0 fully saturated rings. The van der Waals surface area contributed by atoms with Gasteiger partial charge in [-0.25, -0.2) is 9.67 Å². The summed E-state index contributed by atoms with van der Waals surface area (Å²) in [5.41, 5.74) is 5.35. The van der Waals surface area contributed by atoms with Crippen LogP contribution in [0.3, 0.4) is 0 Å². The van der Waals surface area contributed by atoms with Crippen LogP contribution in [-0.2, 0) is 6.54 Å². The maximum absolute atomic E-state index is 5.35. The molecule has 0 aliphatic heterocycles. The second kappa shape index (κ2) is 2.96. The highest BCUT2D eigenvalue weighted by atomic mass is 32.1. The number of rotatable bonds is 2. The number of hydrogen-bond acceptors (Lipinski definition) is 3. The number of aromatic nitrogens is 3. The van der Waals surface area contributed by atoms with Crippen LogP contribution >= 0.6 is 12.2 Å². The van der Waals surface area contributed by atoms with E-state index in [0.717, 1.165) is 11.6 Å². The zero-order valence-electron chi connectivity index (χ0n) is 6.53. The Morgan fingerprint density at radius 1 is 1.64 bits per heavy atom. The van der Waals surface area contributed by atoms with Gasteiger partial charge in [-0.15, -0.1) is 0 Å². The van der Waals surface area contributed by atoms with E-state index in [0.29, 0.717) is 11.5 Å². The van der Waals surface area contributed by atoms with Gasteiger partial charge < -0.3 is 5.73 Å². The van der Waals surface area contributed by atoms with Crippen LogP contribution in [-0.4, -0.2) is 19.8 Å². The number of nitrogens with two attached hydrogens (primary N) is 1. The molecule has 0 radical (unpaired) electrons. The van der Waals surface area contributed by atoms with Gasteiger partial charge in [0.15, 0.2) is 0 Å². The maximum Gasteiger partial charge on any atom is 0.147 e. The molecule has 0 aliphatic rings. The number of nitrogens with zero attached hydrogens (tertiary/aromatic N) is 3. The van der Waals surface area contributed by atoms with Gasteiger partial charge in [-0.2, -0.15) is 5.10 Å². The number of thiocarbonyl (C=S) groups is 1. The highest BCUT2D eigenvalue weighted by Crippen LogP contribution is 1.94. The SMILES string of the molecule is Cc1nc(C)n(CC(N)=S)n1. The average Bonchev–Trinajstić information content (AvgIpc) is 2.09. The summed E-state index contributed by atoms with van der Waals surface area (Å²) in [5.74, 6) is 1.59. The third-order valence-electron chi connectivity index (χ3n) is 1.27. The topological polar surface area (TPSA) is 56.7 Å². The maximum atomic E-state index is 5.35. The van der Waals surface area contributed by atoms with Gasteiger partial charge in [0.1, 0.15) is 11.6 Å². The minimum absolute atomic E-state index is 0.429. The van der Waals surface area contributed by atoms with Crippen LogP contribution in [0.15, 0.2) is 0 Å². The summed E-state index contributed by atoms with van der Waals surface area (Å²) in [7, 11) is 0. The third kappa shape index (κ3) is 1.98. The molecule has 4 nitrogen and oxygen atoms in total. The molecule has 5 heteroatoms. The number of aryl methyl sites for hydroxylation is 2. The van der Waals surface area contributed by atoms with E-state index in [4.69, 9.17) is 18.0 Å². The fourth-order valence-electron chi connectivity index (χ4n) is 0.859. The van der Waals surface area contributed by atoms with E-state index >= 15 is 0 Å². The Hall–Kier alpha value is -0.970. The first-order chi connectivity index (χ1) is 5.09. The van der Waals surface area contributed by atoms with Crippen molar-refractivity contribution in [1.29, 1.82) is 0 Å². The molecule has 11 heavy (non-hydrogen) atoms. The lowest BCUT2D eigenvalue weighted by Gasteiger charge is -1.98. The lowest BCUT2D eigenvalue weighted by atomic mass is 10.6. The lowest BCUT2D eigenvalue weighted by molar-refractivity contribution is 0.691. The molecule has 0 atom stereocenters. The van der Waals surface area contributed by atoms with Crippen molar-refractivity contribution in [3.05, 3.63) is 11.6 Å². The van der Waals surface area contributed by atoms with Crippen molar-refractivity contribution in [3.8, 4) is 0 Å². The van der Waals surface area contributed by atoms with Gasteiger partial charge in [-0.1, -0.05) is 12.2 Å². The Kier molecular flexibility index (Phi) is 2.19. The van der Waals surface area contributed by atoms with E-state index in [2.05, 4.69) is 10.1 Å². The Morgan fingerprint density at radius 3 is 2.64 bits per heavy atom. The molecule has 1 aromatic rings. The summed E-state index contributed by atoms with van der Waals surface area (Å²) < 4.78 is 1.69. The Morgan fingerprint density at radius 2 is 2.27 bits per heavy atom. The van der Waals surface area contributed by atoms with E-state index in [9.17, 15) is 0 Å². The van der Waals surface area contributed by atoms with Gasteiger partial charge >= 0.3 is 0 Å². The predicted octanol–water partition coefficient (Wildman–Crippen LogP) is 0.181. The molecule has 0 saturated carbocycles. The van der Waals surface area contributed by atoms with Gasteiger partial charge in [-0.3, -0.25) is 0 Å². The summed E-state index contributed by atoms with van der Waals surface area (Å²) in [5, 5.41) is 4.09. The highest BCUT2D eigenvalue weighted by molar-refractivity contribution is 7.80. The number of hydrogen-bond donors (Lipinski definition) is 1. The Bertz CT molecular complexity index is 278. The third-order valence-corrected chi connectivity index (χ3v) is 1.40. The quantitative estimate of drug-likeness (QED) is 0.643. The molecule has 0 saturated heterocycles. The monoisotopic (exact) mass is 170 g/mol. The van der Waals surface area contributed by atoms with Crippen LogP contribution in [0, 0.1) is 13.8 Å². The first-order valence-electron chi connectivity index (χ1n) is 3.26. The molecule has 1 aromatic heterocycles. The van der Waals surface area contributed by atoms with Gasteiger partial charge in [0, 0.05) is 0 Å². The van der Waals surface area contributed by atoms with E-state index in [1.54, 1.807) is 4.68 Å². The predicted molar refractivity (Wildman–Crippen MR) is 46.3 cm³/mol. The minimum atomic E-state index is 0.429. The summed E-state index contributed by atoms with van der Waals surface area (Å²) in [4.78, 5) is 4.53. The van der Waals surface area contributed by atoms with Crippen LogP contribution in [0.25, 0.3) is 0 Å². The van der Waals surface area contributed by atoms with Crippen molar-refractivity contribution >= 4 is 17.2 Å². The van der Waals surface area contributed by atoms with E-state index in [-0.39, 0.29) is 0 Å². The Labute approximate surface area is 70.4 Å². The van der Waals surface area contributed by atoms with E-state index in [1.165, 1.54) is 0 Å². The van der Waals surface area contributed by atoms with Crippen molar-refractivity contribution in [2.75, 3.05) is 0 Å². The summed E-state index contributed by atoms with van der Waals surface area (Å²) >= 11 is 4.74. The van der Waals surface area contributed by atoms with Crippen molar-refractivity contribution in [2.24, 2.45) is 5.73 Å². The van der Waals surface area contributed by atoms with Crippen molar-refractivity contribution in [2.45, 2.75) is 20.4 Å². The fraction of sp³-hybridized carbons (Fsp3) is 0.500. The zero-order valence-corrected chi connectivity index (χ0v) is 7.35. The van der Waals surface area contributed by atoms with Crippen LogP contribution in [0.5, 0.6) is 0 Å². The molecule has 2 N–H and O–H groups in total. The summed E-state index contributed by atoms with van der Waals surface area (Å²) in [6, 6.07) is 0. The molecule has 1 heterocycles. The van der Waals surface area contributed by atoms with Gasteiger partial charge in [0.2, 0.25) is 0 Å². The van der Waals surface area contributed by atoms with E-state index < -0.39 is 0 Å². The first kappa shape index (κ1) is 8.13. The molecular weight excluding hydrogens is 160 g/mol. The average molecular weight is 170 g/mol. The molecule has 0 bridgehead atoms. The van der Waals surface area contributed by atoms with Crippen LogP contribution in [0.1, 0.15) is 11.6 Å². The smallest absolute Gasteiger partial charge is 0.147 e. The van der Waals surface area contributed by atoms with Crippen LogP contribution < -0.4 is 5.73 Å². The molecular formula is C6H10N4S. The normalized spacial score (nSPS) is 10.0. The van der Waals surface area contributed by atoms with Crippen LogP contribution in [0.2, 0.25) is 0 Å². The van der Waals surface area contributed by atoms with Crippen molar-refractivity contribution < 1.29 is 0 Å². The molecule has 1 rings (SSSR count). The van der Waals surface area contributed by atoms with Gasteiger partial charge in [-0.05, 0) is 13.8 Å². The molecule has 0 aliphatic carbocycles. The van der Waals surface area contributed by atoms with Crippen LogP contribution in [0.4, 0.5) is 0 Å². The molecule has 0 aromatic carbocycles. The lowest BCUT2D eigenvalue weighted by Crippen LogP contribution is -2.18. The van der Waals surface area contributed by atoms with Crippen molar-refractivity contribution in [3.63, 3.8) is 0 Å². The molecule has 0 unspecified atom stereocenters. The second-order valence-electron chi connectivity index (χ2n) is 2.33. The van der Waals surface area contributed by atoms with Gasteiger partial charge in [0.25, 0.3) is 0 Å². The van der Waals surface area contributed by atoms with Crippen molar-refractivity contribution in [1.82, 2.24) is 14.8 Å². The highest BCUT2D eigenvalue weighted by Gasteiger charge is 2.01. The summed E-state index contributed by atoms with van der Waals surface area (Å²) in [6.45, 7) is 4.18. The minimum Gasteiger partial charge on any atom is -0.392 e. The summed E-state index contributed by atoms with van der Waals surface area (Å²) in [6.07, 6.45) is 0. The molecule has 0 spiro atoms. The largest absolute Gasteiger partial charge is 0.392 e. The standard InChI is InChI=1S/C6H10N4S/c1-4-8-5(2)10(9-4)3-6(7)11/h3H2,1-2H3,(H2,7,11). The first-order valence-corrected chi connectivity index (χ1v) is 3.67. The molecule has 60 valence electrons. The Balaban J connectivity index is 2.85. The molecule has 0 amide bonds. The van der Waals surface area contributed by atoms with Gasteiger partial charge in [0.05, 0.1) is 11.5 Å². The zero-order chi connectivity index (χ0) is 8.43. The fourth-order valence-corrected chi connectivity index (χ4v) is 0.981. The van der Waals surface area contributed by atoms with E-state index in [1.807, 2.05) is 13.8 Å². The second-order valence-corrected chi connectivity index (χ2v) is 2.85.